The first-order chi connectivity index (χ1) is 11.9. The van der Waals surface area contributed by atoms with Gasteiger partial charge in [-0.05, 0) is 32.8 Å². The van der Waals surface area contributed by atoms with Crippen molar-refractivity contribution >= 4 is 22.9 Å². The van der Waals surface area contributed by atoms with Crippen LogP contribution >= 0.6 is 0 Å². The van der Waals surface area contributed by atoms with Gasteiger partial charge < -0.3 is 10.4 Å². The average Bonchev–Trinajstić information content (AvgIpc) is 2.86. The number of aliphatic carboxylic acids is 1. The zero-order valence-electron chi connectivity index (χ0n) is 14.7. The maximum Gasteiger partial charge on any atom is 0.329 e. The Morgan fingerprint density at radius 3 is 2.48 bits per heavy atom. The number of fused-ring (bicyclic) bond motifs is 1. The second-order valence-electron chi connectivity index (χ2n) is 7.08. The molecule has 25 heavy (non-hydrogen) atoms. The molecule has 2 N–H and O–H groups in total. The fourth-order valence-electron chi connectivity index (χ4n) is 3.46. The van der Waals surface area contributed by atoms with Crippen LogP contribution in [-0.2, 0) is 4.79 Å². The van der Waals surface area contributed by atoms with Crippen LogP contribution in [0.4, 0.5) is 0 Å². The van der Waals surface area contributed by atoms with Gasteiger partial charge >= 0.3 is 5.97 Å². The monoisotopic (exact) mass is 344 g/mol. The highest BCUT2D eigenvalue weighted by atomic mass is 16.4. The van der Waals surface area contributed by atoms with Gasteiger partial charge in [0, 0.05) is 17.6 Å². The number of carboxylic acid groups (broad SMARTS) is 1. The maximum absolute atomic E-state index is 12.7. The van der Waals surface area contributed by atoms with Crippen molar-refractivity contribution in [2.24, 2.45) is 0 Å². The molecule has 3 rings (SSSR count). The van der Waals surface area contributed by atoms with Crippen LogP contribution in [0.25, 0.3) is 11.0 Å². The van der Waals surface area contributed by atoms with E-state index in [0.29, 0.717) is 24.1 Å². The topological polar surface area (TPSA) is 97.1 Å². The second kappa shape index (κ2) is 6.82. The van der Waals surface area contributed by atoms with Crippen molar-refractivity contribution in [3.63, 3.8) is 0 Å². The fraction of sp³-hybridized carbons (Fsp3) is 0.556. The first-order valence-corrected chi connectivity index (χ1v) is 8.82. The zero-order valence-corrected chi connectivity index (χ0v) is 14.7. The minimum Gasteiger partial charge on any atom is -0.480 e. The number of carbonyl (C=O) groups is 2. The van der Waals surface area contributed by atoms with Crippen LogP contribution in [0.5, 0.6) is 0 Å². The van der Waals surface area contributed by atoms with Gasteiger partial charge in [-0.15, -0.1) is 0 Å². The SMILES string of the molecule is CC(C)n1ncc2cc(C(=O)NC3(C(=O)O)CCCCCC3)cnc21. The molecule has 0 aliphatic heterocycles. The van der Waals surface area contributed by atoms with Gasteiger partial charge in [-0.3, -0.25) is 4.79 Å². The second-order valence-corrected chi connectivity index (χ2v) is 7.08. The lowest BCUT2D eigenvalue weighted by molar-refractivity contribution is -0.145. The quantitative estimate of drug-likeness (QED) is 0.831. The smallest absolute Gasteiger partial charge is 0.329 e. The molecule has 134 valence electrons. The van der Waals surface area contributed by atoms with Gasteiger partial charge in [-0.1, -0.05) is 25.7 Å². The van der Waals surface area contributed by atoms with E-state index in [1.54, 1.807) is 16.9 Å². The summed E-state index contributed by atoms with van der Waals surface area (Å²) in [6, 6.07) is 1.89. The molecular weight excluding hydrogens is 320 g/mol. The standard InChI is InChI=1S/C18H24N4O3/c1-12(2)22-15-13(11-20-22)9-14(10-19-15)16(23)21-18(17(24)25)7-5-3-4-6-8-18/h9-12H,3-8H2,1-2H3,(H,21,23)(H,24,25). The van der Waals surface area contributed by atoms with E-state index in [9.17, 15) is 14.7 Å². The number of nitrogens with zero attached hydrogens (tertiary/aromatic N) is 3. The van der Waals surface area contributed by atoms with Gasteiger partial charge in [0.15, 0.2) is 5.65 Å². The molecule has 2 aromatic heterocycles. The lowest BCUT2D eigenvalue weighted by Crippen LogP contribution is -2.54. The van der Waals surface area contributed by atoms with Crippen LogP contribution in [0.3, 0.4) is 0 Å². The molecule has 1 amide bonds. The summed E-state index contributed by atoms with van der Waals surface area (Å²) in [4.78, 5) is 28.9. The molecule has 0 bridgehead atoms. The van der Waals surface area contributed by atoms with E-state index in [1.807, 2.05) is 13.8 Å². The van der Waals surface area contributed by atoms with Gasteiger partial charge in [-0.25, -0.2) is 14.5 Å². The molecule has 0 unspecified atom stereocenters. The van der Waals surface area contributed by atoms with Crippen molar-refractivity contribution in [3.05, 3.63) is 24.0 Å². The van der Waals surface area contributed by atoms with Crippen LogP contribution in [0, 0.1) is 0 Å². The van der Waals surface area contributed by atoms with E-state index in [4.69, 9.17) is 0 Å². The third kappa shape index (κ3) is 3.36. The molecule has 1 aliphatic rings. The number of carbonyl (C=O) groups excluding carboxylic acids is 1. The van der Waals surface area contributed by atoms with Gasteiger partial charge in [0.05, 0.1) is 11.8 Å². The molecule has 1 saturated carbocycles. The molecular formula is C18H24N4O3. The van der Waals surface area contributed by atoms with Gasteiger partial charge in [0.25, 0.3) is 5.91 Å². The Morgan fingerprint density at radius 2 is 1.88 bits per heavy atom. The number of hydrogen-bond donors (Lipinski definition) is 2. The van der Waals surface area contributed by atoms with E-state index in [0.717, 1.165) is 31.1 Å². The summed E-state index contributed by atoms with van der Waals surface area (Å²) in [6.07, 6.45) is 7.74. The number of pyridine rings is 1. The molecule has 7 heteroatoms. The highest BCUT2D eigenvalue weighted by Crippen LogP contribution is 2.28. The van der Waals surface area contributed by atoms with Gasteiger partial charge in [0.1, 0.15) is 5.54 Å². The molecule has 2 heterocycles. The number of nitrogens with one attached hydrogen (secondary N) is 1. The lowest BCUT2D eigenvalue weighted by Gasteiger charge is -2.29. The van der Waals surface area contributed by atoms with Crippen molar-refractivity contribution < 1.29 is 14.7 Å². The number of amides is 1. The van der Waals surface area contributed by atoms with Crippen LogP contribution in [0.1, 0.15) is 68.8 Å². The molecule has 0 aromatic carbocycles. The van der Waals surface area contributed by atoms with E-state index in [1.165, 1.54) is 6.20 Å². The zero-order chi connectivity index (χ0) is 18.0. The van der Waals surface area contributed by atoms with Crippen molar-refractivity contribution in [3.8, 4) is 0 Å². The lowest BCUT2D eigenvalue weighted by atomic mass is 9.90. The van der Waals surface area contributed by atoms with E-state index >= 15 is 0 Å². The Labute approximate surface area is 146 Å². The molecule has 0 atom stereocenters. The minimum atomic E-state index is -1.18. The summed E-state index contributed by atoms with van der Waals surface area (Å²) in [5.41, 5.74) is -0.0976. The number of rotatable bonds is 4. The Bertz CT molecular complexity index is 789. The first-order valence-electron chi connectivity index (χ1n) is 8.82. The third-order valence-corrected chi connectivity index (χ3v) is 4.90. The summed E-state index contributed by atoms with van der Waals surface area (Å²) in [7, 11) is 0. The van der Waals surface area contributed by atoms with Crippen molar-refractivity contribution in [2.45, 2.75) is 64.0 Å². The van der Waals surface area contributed by atoms with Crippen LogP contribution < -0.4 is 5.32 Å². The summed E-state index contributed by atoms with van der Waals surface area (Å²) < 4.78 is 1.79. The summed E-state index contributed by atoms with van der Waals surface area (Å²) in [5, 5.41) is 17.5. The average molecular weight is 344 g/mol. The Hall–Kier alpha value is -2.44. The van der Waals surface area contributed by atoms with Crippen LogP contribution in [0.2, 0.25) is 0 Å². The first kappa shape index (κ1) is 17.4. The highest BCUT2D eigenvalue weighted by molar-refractivity contribution is 5.99. The normalized spacial score (nSPS) is 17.4. The molecule has 1 aliphatic carbocycles. The third-order valence-electron chi connectivity index (χ3n) is 4.90. The van der Waals surface area contributed by atoms with Gasteiger partial charge in [-0.2, -0.15) is 5.10 Å². The molecule has 0 saturated heterocycles. The molecule has 0 spiro atoms. The summed E-state index contributed by atoms with van der Waals surface area (Å²) in [5.74, 6) is -1.35. The molecule has 2 aromatic rings. The van der Waals surface area contributed by atoms with E-state index in [-0.39, 0.29) is 6.04 Å². The minimum absolute atomic E-state index is 0.172. The number of aromatic nitrogens is 3. The van der Waals surface area contributed by atoms with Crippen molar-refractivity contribution in [1.82, 2.24) is 20.1 Å². The Balaban J connectivity index is 1.86. The Morgan fingerprint density at radius 1 is 1.20 bits per heavy atom. The van der Waals surface area contributed by atoms with Crippen LogP contribution in [0.15, 0.2) is 18.5 Å². The fourth-order valence-corrected chi connectivity index (χ4v) is 3.46. The Kier molecular flexibility index (Phi) is 4.74. The molecule has 1 fully saturated rings. The largest absolute Gasteiger partial charge is 0.480 e. The summed E-state index contributed by atoms with van der Waals surface area (Å²) in [6.45, 7) is 4.02. The molecule has 0 radical (unpaired) electrons. The summed E-state index contributed by atoms with van der Waals surface area (Å²) >= 11 is 0. The van der Waals surface area contributed by atoms with Crippen molar-refractivity contribution in [1.29, 1.82) is 0 Å². The van der Waals surface area contributed by atoms with Crippen LogP contribution in [-0.4, -0.2) is 37.3 Å². The maximum atomic E-state index is 12.7. The number of hydrogen-bond acceptors (Lipinski definition) is 4. The van der Waals surface area contributed by atoms with E-state index in [2.05, 4.69) is 15.4 Å². The number of carboxylic acids is 1. The predicted molar refractivity (Wildman–Crippen MR) is 93.4 cm³/mol. The van der Waals surface area contributed by atoms with Crippen molar-refractivity contribution in [2.75, 3.05) is 0 Å². The highest BCUT2D eigenvalue weighted by Gasteiger charge is 2.40. The van der Waals surface area contributed by atoms with Gasteiger partial charge in [0.2, 0.25) is 0 Å². The van der Waals surface area contributed by atoms with E-state index < -0.39 is 17.4 Å². The molecule has 7 nitrogen and oxygen atoms in total. The predicted octanol–water partition coefficient (Wildman–Crippen LogP) is 2.92.